The van der Waals surface area contributed by atoms with Gasteiger partial charge >= 0.3 is 0 Å². The highest BCUT2D eigenvalue weighted by Crippen LogP contribution is 2.63. The second kappa shape index (κ2) is 8.41. The molecule has 2 aliphatic rings. The number of hydrogen-bond donors (Lipinski definition) is 2. The van der Waals surface area contributed by atoms with Crippen molar-refractivity contribution >= 4 is 0 Å². The molecule has 2 nitrogen and oxygen atoms in total. The third-order valence-corrected chi connectivity index (χ3v) is 9.76. The Bertz CT molecular complexity index is 1390. The van der Waals surface area contributed by atoms with Gasteiger partial charge in [0.25, 0.3) is 0 Å². The first-order chi connectivity index (χ1) is 17.9. The monoisotopic (exact) mass is 486 g/mol. The highest BCUT2D eigenvalue weighted by molar-refractivity contribution is 5.95. The van der Waals surface area contributed by atoms with Gasteiger partial charge in [-0.25, -0.2) is 0 Å². The number of benzene rings is 4. The van der Waals surface area contributed by atoms with Crippen molar-refractivity contribution in [2.24, 2.45) is 11.5 Å². The zero-order valence-corrected chi connectivity index (χ0v) is 22.6. The largest absolute Gasteiger partial charge is 0.321 e. The molecule has 4 aromatic rings. The first-order valence-electron chi connectivity index (χ1n) is 14.0. The summed E-state index contributed by atoms with van der Waals surface area (Å²) in [5, 5.41) is 0. The van der Waals surface area contributed by atoms with Gasteiger partial charge in [-0.3, -0.25) is 0 Å². The van der Waals surface area contributed by atoms with E-state index in [0.29, 0.717) is 0 Å². The van der Waals surface area contributed by atoms with E-state index in [1.54, 1.807) is 0 Å². The molecular weight excluding hydrogens is 448 g/mol. The van der Waals surface area contributed by atoms with Crippen LogP contribution >= 0.6 is 0 Å². The summed E-state index contributed by atoms with van der Waals surface area (Å²) in [6, 6.07) is 32.0. The van der Waals surface area contributed by atoms with Crippen molar-refractivity contribution < 1.29 is 0 Å². The van der Waals surface area contributed by atoms with Crippen LogP contribution in [0.1, 0.15) is 86.8 Å². The van der Waals surface area contributed by atoms with Gasteiger partial charge in [0.15, 0.2) is 0 Å². The molecule has 0 saturated heterocycles. The number of nitrogens with two attached hydrogens (primary N) is 2. The SMILES string of the molecule is CCC(N)(CC)c1ccc2c(c1)C1(c3ccccc3-c3ccccc31)c1cc(C(N)(CC)CC)ccc1-2. The average molecular weight is 487 g/mol. The van der Waals surface area contributed by atoms with E-state index < -0.39 is 0 Å². The molecular formula is C35H38N2. The lowest BCUT2D eigenvalue weighted by atomic mass is 9.69. The zero-order valence-electron chi connectivity index (χ0n) is 22.6. The van der Waals surface area contributed by atoms with Crippen molar-refractivity contribution in [3.8, 4) is 22.3 Å². The minimum atomic E-state index is -0.380. The van der Waals surface area contributed by atoms with Gasteiger partial charge < -0.3 is 11.5 Å². The smallest absolute Gasteiger partial charge is 0.0725 e. The molecule has 6 rings (SSSR count). The Morgan fingerprint density at radius 3 is 1.22 bits per heavy atom. The molecule has 0 fully saturated rings. The van der Waals surface area contributed by atoms with Crippen molar-refractivity contribution in [1.29, 1.82) is 0 Å². The lowest BCUT2D eigenvalue weighted by Gasteiger charge is -2.34. The van der Waals surface area contributed by atoms with E-state index >= 15 is 0 Å². The van der Waals surface area contributed by atoms with Crippen LogP contribution in [0, 0.1) is 0 Å². The number of hydrogen-bond acceptors (Lipinski definition) is 2. The van der Waals surface area contributed by atoms with Gasteiger partial charge in [-0.05, 0) is 81.3 Å². The molecule has 0 amide bonds. The van der Waals surface area contributed by atoms with Crippen molar-refractivity contribution in [3.63, 3.8) is 0 Å². The lowest BCUT2D eigenvalue weighted by Crippen LogP contribution is -2.36. The van der Waals surface area contributed by atoms with Crippen LogP contribution in [0.15, 0.2) is 84.9 Å². The summed E-state index contributed by atoms with van der Waals surface area (Å²) >= 11 is 0. The van der Waals surface area contributed by atoms with Crippen LogP contribution in [0.4, 0.5) is 0 Å². The third kappa shape index (κ3) is 3.06. The summed E-state index contributed by atoms with van der Waals surface area (Å²) in [4.78, 5) is 0. The lowest BCUT2D eigenvalue weighted by molar-refractivity contribution is 0.411. The van der Waals surface area contributed by atoms with Crippen LogP contribution in [0.3, 0.4) is 0 Å². The second-order valence-corrected chi connectivity index (χ2v) is 11.1. The summed E-state index contributed by atoms with van der Waals surface area (Å²) in [7, 11) is 0. The van der Waals surface area contributed by atoms with Crippen molar-refractivity contribution in [3.05, 3.63) is 118 Å². The molecule has 0 atom stereocenters. The third-order valence-electron chi connectivity index (χ3n) is 9.76. The normalized spacial score (nSPS) is 14.9. The molecule has 0 aromatic heterocycles. The van der Waals surface area contributed by atoms with Crippen LogP contribution < -0.4 is 11.5 Å². The Labute approximate surface area is 221 Å². The maximum atomic E-state index is 6.99. The standard InChI is InChI=1S/C35H38N2/c1-5-33(36,6-2)23-17-19-27-28-20-18-24(34(37,7-3)8-4)22-32(28)35(31(27)21-23)29-15-11-9-13-25(29)26-14-10-12-16-30(26)35/h9-22H,5-8,36-37H2,1-4H3. The maximum absolute atomic E-state index is 6.99. The van der Waals surface area contributed by atoms with Gasteiger partial charge in [-0.15, -0.1) is 0 Å². The predicted molar refractivity (Wildman–Crippen MR) is 156 cm³/mol. The van der Waals surface area contributed by atoms with E-state index in [0.717, 1.165) is 25.7 Å². The molecule has 4 aromatic carbocycles. The predicted octanol–water partition coefficient (Wildman–Crippen LogP) is 7.98. The Kier molecular flexibility index (Phi) is 5.49. The molecule has 188 valence electrons. The topological polar surface area (TPSA) is 52.0 Å². The fourth-order valence-electron chi connectivity index (χ4n) is 7.08. The van der Waals surface area contributed by atoms with E-state index in [-0.39, 0.29) is 16.5 Å². The first-order valence-corrected chi connectivity index (χ1v) is 14.0. The van der Waals surface area contributed by atoms with Crippen molar-refractivity contribution in [2.45, 2.75) is 69.9 Å². The molecule has 0 heterocycles. The van der Waals surface area contributed by atoms with E-state index in [1.165, 1.54) is 55.6 Å². The molecule has 2 aliphatic carbocycles. The van der Waals surface area contributed by atoms with E-state index in [4.69, 9.17) is 11.5 Å². The van der Waals surface area contributed by atoms with E-state index in [9.17, 15) is 0 Å². The molecule has 0 unspecified atom stereocenters. The fraction of sp³-hybridized carbons (Fsp3) is 0.314. The van der Waals surface area contributed by atoms with Crippen LogP contribution in [-0.2, 0) is 16.5 Å². The zero-order chi connectivity index (χ0) is 26.0. The Balaban J connectivity index is 1.75. The molecule has 0 saturated carbocycles. The molecule has 0 aliphatic heterocycles. The van der Waals surface area contributed by atoms with Crippen LogP contribution in [0.2, 0.25) is 0 Å². The van der Waals surface area contributed by atoms with Gasteiger partial charge in [0.05, 0.1) is 5.41 Å². The van der Waals surface area contributed by atoms with Gasteiger partial charge in [0.2, 0.25) is 0 Å². The number of rotatable bonds is 6. The van der Waals surface area contributed by atoms with Gasteiger partial charge in [0.1, 0.15) is 0 Å². The molecule has 1 spiro atoms. The quantitative estimate of drug-likeness (QED) is 0.251. The van der Waals surface area contributed by atoms with Crippen molar-refractivity contribution in [2.75, 3.05) is 0 Å². The van der Waals surface area contributed by atoms with Crippen LogP contribution in [0.5, 0.6) is 0 Å². The summed E-state index contributed by atoms with van der Waals surface area (Å²) in [6.45, 7) is 8.79. The van der Waals surface area contributed by atoms with Gasteiger partial charge in [0, 0.05) is 11.1 Å². The Morgan fingerprint density at radius 1 is 0.486 bits per heavy atom. The van der Waals surface area contributed by atoms with Crippen molar-refractivity contribution in [1.82, 2.24) is 0 Å². The Morgan fingerprint density at radius 2 is 0.838 bits per heavy atom. The second-order valence-electron chi connectivity index (χ2n) is 11.1. The maximum Gasteiger partial charge on any atom is 0.0725 e. The summed E-state index contributed by atoms with van der Waals surface area (Å²) in [6.07, 6.45) is 3.62. The summed E-state index contributed by atoms with van der Waals surface area (Å²) in [5.74, 6) is 0. The Hall–Kier alpha value is -3.20. The van der Waals surface area contributed by atoms with E-state index in [1.807, 2.05) is 0 Å². The average Bonchev–Trinajstić information content (AvgIpc) is 3.43. The first kappa shape index (κ1) is 24.2. The molecule has 2 heteroatoms. The summed E-state index contributed by atoms with van der Waals surface area (Å²) < 4.78 is 0. The highest BCUT2D eigenvalue weighted by atomic mass is 14.7. The summed E-state index contributed by atoms with van der Waals surface area (Å²) in [5.41, 5.74) is 26.0. The molecule has 37 heavy (non-hydrogen) atoms. The molecule has 0 radical (unpaired) electrons. The van der Waals surface area contributed by atoms with Gasteiger partial charge in [-0.2, -0.15) is 0 Å². The minimum Gasteiger partial charge on any atom is -0.321 e. The molecule has 0 bridgehead atoms. The highest BCUT2D eigenvalue weighted by Gasteiger charge is 2.52. The number of fused-ring (bicyclic) bond motifs is 10. The van der Waals surface area contributed by atoms with E-state index in [2.05, 4.69) is 113 Å². The van der Waals surface area contributed by atoms with Crippen LogP contribution in [-0.4, -0.2) is 0 Å². The van der Waals surface area contributed by atoms with Gasteiger partial charge in [-0.1, -0.05) is 113 Å². The minimum absolute atomic E-state index is 0.343. The van der Waals surface area contributed by atoms with Crippen LogP contribution in [0.25, 0.3) is 22.3 Å². The molecule has 4 N–H and O–H groups in total. The fourth-order valence-corrected chi connectivity index (χ4v) is 7.08.